The van der Waals surface area contributed by atoms with Crippen LogP contribution in [0.4, 0.5) is 0 Å². The highest BCUT2D eigenvalue weighted by molar-refractivity contribution is 7.99. The van der Waals surface area contributed by atoms with Crippen molar-refractivity contribution in [1.29, 1.82) is 0 Å². The molecule has 0 bridgehead atoms. The highest BCUT2D eigenvalue weighted by atomic mass is 32.2. The fourth-order valence-electron chi connectivity index (χ4n) is 3.03. The predicted molar refractivity (Wildman–Crippen MR) is 90.3 cm³/mol. The van der Waals surface area contributed by atoms with Gasteiger partial charge < -0.3 is 4.42 Å². The van der Waals surface area contributed by atoms with E-state index in [-0.39, 0.29) is 6.04 Å². The van der Waals surface area contributed by atoms with Gasteiger partial charge >= 0.3 is 0 Å². The number of fused-ring (bicyclic) bond motifs is 1. The van der Waals surface area contributed by atoms with Crippen molar-refractivity contribution >= 4 is 22.7 Å². The number of benzene rings is 1. The van der Waals surface area contributed by atoms with E-state index in [0.29, 0.717) is 0 Å². The molecule has 3 N–H and O–H groups in total. The molecule has 1 aliphatic rings. The van der Waals surface area contributed by atoms with Crippen LogP contribution in [0, 0.1) is 6.92 Å². The molecule has 1 aromatic carbocycles. The van der Waals surface area contributed by atoms with Gasteiger partial charge in [0.25, 0.3) is 0 Å². The van der Waals surface area contributed by atoms with Crippen LogP contribution < -0.4 is 11.3 Å². The minimum absolute atomic E-state index is 0.0876. The van der Waals surface area contributed by atoms with Crippen molar-refractivity contribution in [3.63, 3.8) is 0 Å². The van der Waals surface area contributed by atoms with Crippen molar-refractivity contribution in [1.82, 2.24) is 5.43 Å². The quantitative estimate of drug-likeness (QED) is 0.638. The monoisotopic (exact) mass is 304 g/mol. The number of nitrogens with two attached hydrogens (primary N) is 1. The molecule has 1 fully saturated rings. The summed E-state index contributed by atoms with van der Waals surface area (Å²) in [6.45, 7) is 2.10. The first-order valence-corrected chi connectivity index (χ1v) is 8.89. The molecule has 21 heavy (non-hydrogen) atoms. The zero-order valence-electron chi connectivity index (χ0n) is 12.6. The largest absolute Gasteiger partial charge is 0.459 e. The van der Waals surface area contributed by atoms with Crippen LogP contribution in [0.15, 0.2) is 28.7 Å². The standard InChI is InChI=1S/C17H24N2OS/c1-12-7-8-16-13(9-12)10-17(20-16)15(19-18)11-21-14-5-3-2-4-6-14/h7-10,14-15,19H,2-6,11,18H2,1H3. The fraction of sp³-hybridized carbons (Fsp3) is 0.529. The Morgan fingerprint density at radius 2 is 2.10 bits per heavy atom. The van der Waals surface area contributed by atoms with E-state index in [1.807, 2.05) is 17.8 Å². The molecular weight excluding hydrogens is 280 g/mol. The summed E-state index contributed by atoms with van der Waals surface area (Å²) in [5.41, 5.74) is 5.12. The molecule has 114 valence electrons. The maximum Gasteiger partial charge on any atom is 0.134 e. The molecule has 0 aliphatic heterocycles. The minimum atomic E-state index is 0.0876. The summed E-state index contributed by atoms with van der Waals surface area (Å²) in [4.78, 5) is 0. The number of rotatable bonds is 5. The second-order valence-corrected chi connectivity index (χ2v) is 7.34. The van der Waals surface area contributed by atoms with Gasteiger partial charge in [0.15, 0.2) is 0 Å². The average Bonchev–Trinajstić information content (AvgIpc) is 2.92. The van der Waals surface area contributed by atoms with Crippen LogP contribution in [0.2, 0.25) is 0 Å². The van der Waals surface area contributed by atoms with E-state index in [1.165, 1.54) is 37.7 Å². The summed E-state index contributed by atoms with van der Waals surface area (Å²) in [5.74, 6) is 7.67. The zero-order chi connectivity index (χ0) is 14.7. The lowest BCUT2D eigenvalue weighted by atomic mass is 10.0. The number of aryl methyl sites for hydroxylation is 1. The number of nitrogens with one attached hydrogen (secondary N) is 1. The first kappa shape index (κ1) is 14.9. The van der Waals surface area contributed by atoms with E-state index in [4.69, 9.17) is 10.3 Å². The van der Waals surface area contributed by atoms with Gasteiger partial charge in [-0.25, -0.2) is 5.43 Å². The summed E-state index contributed by atoms with van der Waals surface area (Å²) in [5, 5.41) is 1.95. The average molecular weight is 304 g/mol. The molecule has 1 aromatic heterocycles. The topological polar surface area (TPSA) is 51.2 Å². The third-order valence-corrected chi connectivity index (χ3v) is 5.75. The zero-order valence-corrected chi connectivity index (χ0v) is 13.4. The van der Waals surface area contributed by atoms with Crippen molar-refractivity contribution in [2.75, 3.05) is 5.75 Å². The van der Waals surface area contributed by atoms with Crippen LogP contribution in [-0.4, -0.2) is 11.0 Å². The molecule has 2 aromatic rings. The van der Waals surface area contributed by atoms with Crippen LogP contribution in [0.1, 0.15) is 49.5 Å². The summed E-state index contributed by atoms with van der Waals surface area (Å²) in [6.07, 6.45) is 6.85. The summed E-state index contributed by atoms with van der Waals surface area (Å²) < 4.78 is 5.96. The van der Waals surface area contributed by atoms with Crippen LogP contribution in [0.3, 0.4) is 0 Å². The first-order chi connectivity index (χ1) is 10.3. The van der Waals surface area contributed by atoms with E-state index >= 15 is 0 Å². The number of hydrogen-bond donors (Lipinski definition) is 2. The molecule has 4 heteroatoms. The molecule has 1 unspecified atom stereocenters. The Balaban J connectivity index is 1.68. The maximum atomic E-state index is 5.96. The van der Waals surface area contributed by atoms with Crippen molar-refractivity contribution < 1.29 is 4.42 Å². The van der Waals surface area contributed by atoms with Gasteiger partial charge in [0.2, 0.25) is 0 Å². The van der Waals surface area contributed by atoms with Crippen LogP contribution in [-0.2, 0) is 0 Å². The van der Waals surface area contributed by atoms with Gasteiger partial charge in [-0.3, -0.25) is 5.84 Å². The number of hydrazine groups is 1. The Hall–Kier alpha value is -0.970. The second kappa shape index (κ2) is 6.86. The van der Waals surface area contributed by atoms with Crippen molar-refractivity contribution in [2.45, 2.75) is 50.3 Å². The van der Waals surface area contributed by atoms with Gasteiger partial charge in [0.05, 0.1) is 6.04 Å². The van der Waals surface area contributed by atoms with Gasteiger partial charge in [0, 0.05) is 16.4 Å². The van der Waals surface area contributed by atoms with Crippen molar-refractivity contribution in [3.05, 3.63) is 35.6 Å². The summed E-state index contributed by atoms with van der Waals surface area (Å²) in [7, 11) is 0. The molecule has 1 heterocycles. The van der Waals surface area contributed by atoms with E-state index in [2.05, 4.69) is 30.5 Å². The highest BCUT2D eigenvalue weighted by Gasteiger charge is 2.19. The molecule has 1 saturated carbocycles. The molecule has 0 spiro atoms. The molecule has 0 amide bonds. The molecular formula is C17H24N2OS. The van der Waals surface area contributed by atoms with E-state index in [9.17, 15) is 0 Å². The molecule has 0 saturated heterocycles. The fourth-order valence-corrected chi connectivity index (χ4v) is 4.42. The van der Waals surface area contributed by atoms with Gasteiger partial charge in [-0.1, -0.05) is 30.9 Å². The van der Waals surface area contributed by atoms with E-state index in [0.717, 1.165) is 27.7 Å². The summed E-state index contributed by atoms with van der Waals surface area (Å²) >= 11 is 2.04. The maximum absolute atomic E-state index is 5.96. The Morgan fingerprint density at radius 3 is 2.86 bits per heavy atom. The minimum Gasteiger partial charge on any atom is -0.459 e. The second-order valence-electron chi connectivity index (χ2n) is 6.00. The lowest BCUT2D eigenvalue weighted by molar-refractivity contribution is 0.461. The lowest BCUT2D eigenvalue weighted by Crippen LogP contribution is -2.30. The van der Waals surface area contributed by atoms with Gasteiger partial charge in [-0.05, 0) is 38.0 Å². The third-order valence-electron chi connectivity index (χ3n) is 4.29. The highest BCUT2D eigenvalue weighted by Crippen LogP contribution is 2.32. The molecule has 0 radical (unpaired) electrons. The van der Waals surface area contributed by atoms with Crippen LogP contribution in [0.25, 0.3) is 11.0 Å². The molecule has 3 rings (SSSR count). The van der Waals surface area contributed by atoms with Crippen LogP contribution >= 0.6 is 11.8 Å². The number of furan rings is 1. The van der Waals surface area contributed by atoms with E-state index in [1.54, 1.807) is 0 Å². The summed E-state index contributed by atoms with van der Waals surface area (Å²) in [6, 6.07) is 8.48. The molecule has 3 nitrogen and oxygen atoms in total. The van der Waals surface area contributed by atoms with E-state index < -0.39 is 0 Å². The lowest BCUT2D eigenvalue weighted by Gasteiger charge is -2.23. The molecule has 1 atom stereocenters. The number of thioether (sulfide) groups is 1. The molecule has 1 aliphatic carbocycles. The number of hydrogen-bond acceptors (Lipinski definition) is 4. The Kier molecular flexibility index (Phi) is 4.88. The van der Waals surface area contributed by atoms with Gasteiger partial charge in [-0.15, -0.1) is 0 Å². The van der Waals surface area contributed by atoms with Crippen molar-refractivity contribution in [2.24, 2.45) is 5.84 Å². The van der Waals surface area contributed by atoms with Crippen LogP contribution in [0.5, 0.6) is 0 Å². The van der Waals surface area contributed by atoms with Crippen molar-refractivity contribution in [3.8, 4) is 0 Å². The SMILES string of the molecule is Cc1ccc2oc(C(CSC3CCCCC3)NN)cc2c1. The normalized spacial score (nSPS) is 18.2. The first-order valence-electron chi connectivity index (χ1n) is 7.84. The smallest absolute Gasteiger partial charge is 0.134 e. The Labute approximate surface area is 130 Å². The third kappa shape index (κ3) is 3.62. The Morgan fingerprint density at radius 1 is 1.29 bits per heavy atom. The van der Waals surface area contributed by atoms with Gasteiger partial charge in [-0.2, -0.15) is 11.8 Å². The van der Waals surface area contributed by atoms with Gasteiger partial charge in [0.1, 0.15) is 11.3 Å². The predicted octanol–water partition coefficient (Wildman–Crippen LogP) is 4.31. The Bertz CT molecular complexity index is 589.